The molecule has 0 unspecified atom stereocenters. The van der Waals surface area contributed by atoms with E-state index in [0.717, 1.165) is 27.9 Å². The first-order chi connectivity index (χ1) is 6.33. The van der Waals surface area contributed by atoms with E-state index in [9.17, 15) is 0 Å². The van der Waals surface area contributed by atoms with E-state index in [0.29, 0.717) is 0 Å². The molecule has 66 valence electrons. The number of hydrogen-bond donors (Lipinski definition) is 0. The molecule has 2 heteroatoms. The van der Waals surface area contributed by atoms with Crippen molar-refractivity contribution in [2.45, 2.75) is 13.3 Å². The second kappa shape index (κ2) is 3.35. The highest BCUT2D eigenvalue weighted by Crippen LogP contribution is 2.25. The number of benzene rings is 1. The fourth-order valence-corrected chi connectivity index (χ4v) is 1.77. The van der Waals surface area contributed by atoms with Gasteiger partial charge in [-0.3, -0.25) is 4.98 Å². The van der Waals surface area contributed by atoms with Crippen LogP contribution in [0.4, 0.5) is 0 Å². The van der Waals surface area contributed by atoms with Crippen molar-refractivity contribution in [3.05, 3.63) is 41.2 Å². The smallest absolute Gasteiger partial charge is 0.0699 e. The van der Waals surface area contributed by atoms with Crippen molar-refractivity contribution in [2.24, 2.45) is 0 Å². The van der Waals surface area contributed by atoms with Gasteiger partial charge in [-0.15, -0.1) is 0 Å². The largest absolute Gasteiger partial charge is 0.259 e. The van der Waals surface area contributed by atoms with Crippen LogP contribution < -0.4 is 0 Å². The zero-order chi connectivity index (χ0) is 9.26. The van der Waals surface area contributed by atoms with E-state index in [1.54, 1.807) is 0 Å². The summed E-state index contributed by atoms with van der Waals surface area (Å²) in [5.41, 5.74) is 0.973. The van der Waals surface area contributed by atoms with Gasteiger partial charge in [-0.05, 0) is 6.42 Å². The van der Waals surface area contributed by atoms with Gasteiger partial charge in [0.05, 0.1) is 10.7 Å². The molecule has 0 bridgehead atoms. The molecule has 2 aromatic rings. The van der Waals surface area contributed by atoms with E-state index in [1.165, 1.54) is 0 Å². The van der Waals surface area contributed by atoms with Gasteiger partial charge in [0.2, 0.25) is 0 Å². The van der Waals surface area contributed by atoms with Crippen LogP contribution in [-0.2, 0) is 6.42 Å². The molecule has 0 aliphatic carbocycles. The summed E-state index contributed by atoms with van der Waals surface area (Å²) in [6.45, 7) is 2.06. The van der Waals surface area contributed by atoms with Gasteiger partial charge < -0.3 is 0 Å². The third kappa shape index (κ3) is 1.40. The highest BCUT2D eigenvalue weighted by Gasteiger charge is 2.03. The first-order valence-electron chi connectivity index (χ1n) is 4.35. The molecule has 0 aliphatic rings. The summed E-state index contributed by atoms with van der Waals surface area (Å²) in [5.74, 6) is 0. The van der Waals surface area contributed by atoms with Crippen LogP contribution in [0.3, 0.4) is 0 Å². The molecule has 13 heavy (non-hydrogen) atoms. The molecule has 1 heterocycles. The molecule has 1 aromatic carbocycles. The molecule has 0 fully saturated rings. The zero-order valence-electron chi connectivity index (χ0n) is 7.42. The zero-order valence-corrected chi connectivity index (χ0v) is 8.17. The second-order valence-electron chi connectivity index (χ2n) is 2.96. The van der Waals surface area contributed by atoms with Crippen molar-refractivity contribution < 1.29 is 0 Å². The Labute approximate surface area is 82.4 Å². The van der Waals surface area contributed by atoms with Gasteiger partial charge in [0.15, 0.2) is 0 Å². The van der Waals surface area contributed by atoms with Crippen LogP contribution in [0.25, 0.3) is 10.8 Å². The predicted molar refractivity (Wildman–Crippen MR) is 56.1 cm³/mol. The number of hydrogen-bond acceptors (Lipinski definition) is 1. The lowest BCUT2D eigenvalue weighted by atomic mass is 10.1. The van der Waals surface area contributed by atoms with Gasteiger partial charge in [0, 0.05) is 17.0 Å². The molecule has 0 atom stereocenters. The molecule has 0 N–H and O–H groups in total. The van der Waals surface area contributed by atoms with Crippen LogP contribution in [0.1, 0.15) is 12.6 Å². The maximum Gasteiger partial charge on any atom is 0.0699 e. The van der Waals surface area contributed by atoms with Crippen LogP contribution >= 0.6 is 11.6 Å². The van der Waals surface area contributed by atoms with E-state index < -0.39 is 0 Å². The number of rotatable bonds is 1. The van der Waals surface area contributed by atoms with Crippen molar-refractivity contribution in [3.8, 4) is 0 Å². The first-order valence-corrected chi connectivity index (χ1v) is 4.73. The van der Waals surface area contributed by atoms with Crippen molar-refractivity contribution in [2.75, 3.05) is 0 Å². The second-order valence-corrected chi connectivity index (χ2v) is 3.34. The number of fused-ring (bicyclic) bond motifs is 1. The highest BCUT2D eigenvalue weighted by molar-refractivity contribution is 6.36. The molecular formula is C11H10ClN. The van der Waals surface area contributed by atoms with E-state index >= 15 is 0 Å². The Morgan fingerprint density at radius 3 is 2.85 bits per heavy atom. The van der Waals surface area contributed by atoms with Crippen molar-refractivity contribution in [3.63, 3.8) is 0 Å². The van der Waals surface area contributed by atoms with Gasteiger partial charge in [-0.1, -0.05) is 42.8 Å². The van der Waals surface area contributed by atoms with Gasteiger partial charge in [-0.25, -0.2) is 0 Å². The van der Waals surface area contributed by atoms with E-state index in [4.69, 9.17) is 11.6 Å². The minimum atomic E-state index is 0.792. The fraction of sp³-hybridized carbons (Fsp3) is 0.182. The van der Waals surface area contributed by atoms with Crippen molar-refractivity contribution in [1.82, 2.24) is 4.98 Å². The normalized spacial score (nSPS) is 10.6. The summed E-state index contributed by atoms with van der Waals surface area (Å²) in [6, 6.07) is 8.03. The lowest BCUT2D eigenvalue weighted by Gasteiger charge is -2.03. The number of pyridine rings is 1. The fourth-order valence-electron chi connectivity index (χ4n) is 1.42. The number of nitrogens with zero attached hydrogens (tertiary/aromatic N) is 1. The molecule has 0 saturated heterocycles. The lowest BCUT2D eigenvalue weighted by molar-refractivity contribution is 1.05. The maximum absolute atomic E-state index is 6.18. The summed E-state index contributed by atoms with van der Waals surface area (Å²) >= 11 is 6.18. The molecule has 0 spiro atoms. The Morgan fingerprint density at radius 2 is 2.08 bits per heavy atom. The summed E-state index contributed by atoms with van der Waals surface area (Å²) < 4.78 is 0. The summed E-state index contributed by atoms with van der Waals surface area (Å²) in [4.78, 5) is 4.29. The molecule has 0 radical (unpaired) electrons. The highest BCUT2D eigenvalue weighted by atomic mass is 35.5. The van der Waals surface area contributed by atoms with Crippen LogP contribution in [0.5, 0.6) is 0 Å². The molecule has 0 aliphatic heterocycles. The first kappa shape index (κ1) is 8.52. The maximum atomic E-state index is 6.18. The van der Waals surface area contributed by atoms with Crippen LogP contribution in [0, 0.1) is 0 Å². The topological polar surface area (TPSA) is 12.9 Å². The van der Waals surface area contributed by atoms with Crippen molar-refractivity contribution in [1.29, 1.82) is 0 Å². The Balaban J connectivity index is 2.79. The SMILES string of the molecule is CCc1ncc2ccccc2c1Cl. The molecule has 1 aromatic heterocycles. The molecule has 0 amide bonds. The Bertz CT molecular complexity index is 437. The average molecular weight is 192 g/mol. The third-order valence-corrected chi connectivity index (χ3v) is 2.57. The molecule has 1 nitrogen and oxygen atoms in total. The minimum Gasteiger partial charge on any atom is -0.259 e. The summed E-state index contributed by atoms with van der Waals surface area (Å²) in [6.07, 6.45) is 2.75. The number of halogens is 1. The van der Waals surface area contributed by atoms with Gasteiger partial charge in [0.1, 0.15) is 0 Å². The van der Waals surface area contributed by atoms with E-state index in [-0.39, 0.29) is 0 Å². The standard InChI is InChI=1S/C11H10ClN/c1-2-10-11(12)9-6-4-3-5-8(9)7-13-10/h3-7H,2H2,1H3. The van der Waals surface area contributed by atoms with E-state index in [1.807, 2.05) is 30.5 Å². The Hall–Kier alpha value is -1.08. The van der Waals surface area contributed by atoms with E-state index in [2.05, 4.69) is 11.9 Å². The molecule has 2 rings (SSSR count). The van der Waals surface area contributed by atoms with Crippen LogP contribution in [0.15, 0.2) is 30.5 Å². The minimum absolute atomic E-state index is 0.792. The van der Waals surface area contributed by atoms with Crippen molar-refractivity contribution >= 4 is 22.4 Å². The summed E-state index contributed by atoms with van der Waals surface area (Å²) in [5, 5.41) is 2.99. The van der Waals surface area contributed by atoms with Crippen LogP contribution in [-0.4, -0.2) is 4.98 Å². The third-order valence-electron chi connectivity index (χ3n) is 2.14. The lowest BCUT2D eigenvalue weighted by Crippen LogP contribution is -1.88. The van der Waals surface area contributed by atoms with Gasteiger partial charge in [-0.2, -0.15) is 0 Å². The Morgan fingerprint density at radius 1 is 1.31 bits per heavy atom. The summed E-state index contributed by atoms with van der Waals surface area (Å²) in [7, 11) is 0. The van der Waals surface area contributed by atoms with Crippen LogP contribution in [0.2, 0.25) is 5.02 Å². The molecular weight excluding hydrogens is 182 g/mol. The average Bonchev–Trinajstić information content (AvgIpc) is 2.19. The predicted octanol–water partition coefficient (Wildman–Crippen LogP) is 3.45. The monoisotopic (exact) mass is 191 g/mol. The Kier molecular flexibility index (Phi) is 2.19. The number of aryl methyl sites for hydroxylation is 1. The molecule has 0 saturated carbocycles. The number of aromatic nitrogens is 1. The van der Waals surface area contributed by atoms with Gasteiger partial charge >= 0.3 is 0 Å². The quantitative estimate of drug-likeness (QED) is 0.673. The van der Waals surface area contributed by atoms with Gasteiger partial charge in [0.25, 0.3) is 0 Å².